The maximum absolute atomic E-state index is 12.3. The predicted octanol–water partition coefficient (Wildman–Crippen LogP) is 0.205. The number of aromatic nitrogens is 2. The van der Waals surface area contributed by atoms with Gasteiger partial charge >= 0.3 is 5.97 Å². The zero-order valence-corrected chi connectivity index (χ0v) is 12.6. The van der Waals surface area contributed by atoms with E-state index in [1.165, 1.54) is 17.1 Å². The fraction of sp³-hybridized carbons (Fsp3) is 0.667. The number of aryl methyl sites for hydroxylation is 1. The normalized spacial score (nSPS) is 23.1. The summed E-state index contributed by atoms with van der Waals surface area (Å²) in [6, 6.07) is 0. The number of nitrogens with zero attached hydrogens (tertiary/aromatic N) is 2. The fourth-order valence-electron chi connectivity index (χ4n) is 2.21. The minimum atomic E-state index is -3.70. The molecule has 1 aliphatic rings. The summed E-state index contributed by atoms with van der Waals surface area (Å²) in [6.07, 6.45) is 3.95. The number of carbonyl (C=O) groups is 1. The van der Waals surface area contributed by atoms with Gasteiger partial charge in [0.25, 0.3) is 0 Å². The predicted molar refractivity (Wildman–Crippen MR) is 73.3 cm³/mol. The van der Waals surface area contributed by atoms with Crippen molar-refractivity contribution in [3.63, 3.8) is 0 Å². The number of rotatable bonds is 6. The zero-order chi connectivity index (χ0) is 15.5. The number of hydrogen-bond acceptors (Lipinski definition) is 5. The van der Waals surface area contributed by atoms with Crippen LogP contribution in [0.2, 0.25) is 0 Å². The van der Waals surface area contributed by atoms with Gasteiger partial charge in [-0.2, -0.15) is 5.10 Å². The van der Waals surface area contributed by atoms with Crippen LogP contribution < -0.4 is 4.72 Å². The van der Waals surface area contributed by atoms with Gasteiger partial charge in [-0.15, -0.1) is 0 Å². The molecule has 8 nitrogen and oxygen atoms in total. The highest BCUT2D eigenvalue weighted by Gasteiger charge is 2.33. The molecule has 0 amide bonds. The number of nitrogens with one attached hydrogen (secondary N) is 1. The highest BCUT2D eigenvalue weighted by molar-refractivity contribution is 7.89. The van der Waals surface area contributed by atoms with E-state index in [9.17, 15) is 13.2 Å². The van der Waals surface area contributed by atoms with Crippen molar-refractivity contribution < 1.29 is 23.1 Å². The van der Waals surface area contributed by atoms with Crippen molar-refractivity contribution in [2.45, 2.75) is 43.2 Å². The summed E-state index contributed by atoms with van der Waals surface area (Å²) in [4.78, 5) is 10.5. The molecular weight excluding hydrogens is 298 g/mol. The van der Waals surface area contributed by atoms with Crippen LogP contribution in [0.5, 0.6) is 0 Å². The van der Waals surface area contributed by atoms with Gasteiger partial charge in [-0.3, -0.25) is 9.48 Å². The van der Waals surface area contributed by atoms with E-state index < -0.39 is 21.5 Å². The number of sulfonamides is 1. The smallest absolute Gasteiger partial charge is 0.305 e. The van der Waals surface area contributed by atoms with E-state index in [1.807, 2.05) is 0 Å². The van der Waals surface area contributed by atoms with Gasteiger partial charge < -0.3 is 9.84 Å². The minimum Gasteiger partial charge on any atom is -0.481 e. The second kappa shape index (κ2) is 6.12. The summed E-state index contributed by atoms with van der Waals surface area (Å²) in [6.45, 7) is 2.91. The summed E-state index contributed by atoms with van der Waals surface area (Å²) < 4.78 is 33.9. The van der Waals surface area contributed by atoms with Crippen LogP contribution in [-0.4, -0.2) is 48.0 Å². The maximum atomic E-state index is 12.3. The molecule has 0 aliphatic carbocycles. The largest absolute Gasteiger partial charge is 0.481 e. The van der Waals surface area contributed by atoms with Gasteiger partial charge in [0, 0.05) is 12.8 Å². The molecule has 1 aliphatic heterocycles. The van der Waals surface area contributed by atoms with Crippen molar-refractivity contribution in [2.24, 2.45) is 0 Å². The van der Waals surface area contributed by atoms with E-state index in [0.29, 0.717) is 19.6 Å². The third-order valence-corrected chi connectivity index (χ3v) is 4.89. The van der Waals surface area contributed by atoms with Gasteiger partial charge in [0.05, 0.1) is 31.3 Å². The Labute approximate surface area is 123 Å². The molecule has 9 heteroatoms. The van der Waals surface area contributed by atoms with E-state index in [1.54, 1.807) is 6.92 Å². The quantitative estimate of drug-likeness (QED) is 0.776. The number of aliphatic carboxylic acids is 1. The first-order chi connectivity index (χ1) is 9.81. The van der Waals surface area contributed by atoms with Crippen molar-refractivity contribution >= 4 is 16.0 Å². The van der Waals surface area contributed by atoms with E-state index in [0.717, 1.165) is 6.42 Å². The highest BCUT2D eigenvalue weighted by atomic mass is 32.2. The first kappa shape index (κ1) is 15.9. The second-order valence-electron chi connectivity index (χ2n) is 5.41. The standard InChI is InChI=1S/C12H19N3O5S/c1-12(4-2-6-20-9-12)14-21(18,19)10-7-13-15(8-10)5-3-11(16)17/h7-8,14H,2-6,9H2,1H3,(H,16,17). The zero-order valence-electron chi connectivity index (χ0n) is 11.8. The molecule has 1 unspecified atom stereocenters. The molecule has 0 radical (unpaired) electrons. The van der Waals surface area contributed by atoms with E-state index in [2.05, 4.69) is 9.82 Å². The molecule has 1 aromatic rings. The lowest BCUT2D eigenvalue weighted by molar-refractivity contribution is -0.137. The Morgan fingerprint density at radius 1 is 1.62 bits per heavy atom. The summed E-state index contributed by atoms with van der Waals surface area (Å²) in [5, 5.41) is 12.5. The van der Waals surface area contributed by atoms with E-state index >= 15 is 0 Å². The number of ether oxygens (including phenoxy) is 1. The molecule has 21 heavy (non-hydrogen) atoms. The third kappa shape index (κ3) is 4.26. The van der Waals surface area contributed by atoms with Crippen LogP contribution in [0.4, 0.5) is 0 Å². The monoisotopic (exact) mass is 317 g/mol. The van der Waals surface area contributed by atoms with E-state index in [4.69, 9.17) is 9.84 Å². The van der Waals surface area contributed by atoms with Crippen LogP contribution in [0.15, 0.2) is 17.3 Å². The topological polar surface area (TPSA) is 111 Å². The van der Waals surface area contributed by atoms with Crippen molar-refractivity contribution in [1.29, 1.82) is 0 Å². The molecule has 2 N–H and O–H groups in total. The highest BCUT2D eigenvalue weighted by Crippen LogP contribution is 2.21. The summed E-state index contributed by atoms with van der Waals surface area (Å²) in [5.74, 6) is -0.958. The molecule has 0 saturated carbocycles. The molecule has 1 fully saturated rings. The number of carboxylic acid groups (broad SMARTS) is 1. The molecule has 118 valence electrons. The minimum absolute atomic E-state index is 0.0275. The Bertz CT molecular complexity index is 604. The molecule has 1 saturated heterocycles. The third-order valence-electron chi connectivity index (χ3n) is 3.29. The Morgan fingerprint density at radius 3 is 3.00 bits per heavy atom. The summed E-state index contributed by atoms with van der Waals surface area (Å²) >= 11 is 0. The molecular formula is C12H19N3O5S. The van der Waals surface area contributed by atoms with Crippen LogP contribution in [0.3, 0.4) is 0 Å². The molecule has 0 bridgehead atoms. The SMILES string of the molecule is CC1(NS(=O)(=O)c2cnn(CCC(=O)O)c2)CCCOC1. The fourth-order valence-corrected chi connectivity index (χ4v) is 3.59. The molecule has 0 aromatic carbocycles. The molecule has 2 rings (SSSR count). The molecule has 1 aromatic heterocycles. The van der Waals surface area contributed by atoms with Crippen molar-refractivity contribution in [3.05, 3.63) is 12.4 Å². The average Bonchev–Trinajstić information content (AvgIpc) is 2.85. The maximum Gasteiger partial charge on any atom is 0.305 e. The first-order valence-electron chi connectivity index (χ1n) is 6.67. The van der Waals surface area contributed by atoms with Gasteiger partial charge in [-0.1, -0.05) is 0 Å². The Balaban J connectivity index is 2.07. The molecule has 1 atom stereocenters. The second-order valence-corrected chi connectivity index (χ2v) is 7.09. The Kier molecular flexibility index (Phi) is 4.64. The van der Waals surface area contributed by atoms with Gasteiger partial charge in [-0.25, -0.2) is 13.1 Å². The number of hydrogen-bond donors (Lipinski definition) is 2. The van der Waals surface area contributed by atoms with Crippen molar-refractivity contribution in [1.82, 2.24) is 14.5 Å². The molecule has 0 spiro atoms. The first-order valence-corrected chi connectivity index (χ1v) is 8.15. The van der Waals surface area contributed by atoms with Crippen molar-refractivity contribution in [3.8, 4) is 0 Å². The lowest BCUT2D eigenvalue weighted by Crippen LogP contribution is -2.51. The summed E-state index contributed by atoms with van der Waals surface area (Å²) in [7, 11) is -3.70. The lowest BCUT2D eigenvalue weighted by Gasteiger charge is -2.33. The average molecular weight is 317 g/mol. The van der Waals surface area contributed by atoms with E-state index in [-0.39, 0.29) is 17.9 Å². The van der Waals surface area contributed by atoms with Crippen LogP contribution >= 0.6 is 0 Å². The van der Waals surface area contributed by atoms with Gasteiger partial charge in [-0.05, 0) is 19.8 Å². The Hall–Kier alpha value is -1.45. The van der Waals surface area contributed by atoms with Gasteiger partial charge in [0.1, 0.15) is 4.90 Å². The van der Waals surface area contributed by atoms with Crippen LogP contribution in [-0.2, 0) is 26.1 Å². The Morgan fingerprint density at radius 2 is 2.38 bits per heavy atom. The van der Waals surface area contributed by atoms with Crippen LogP contribution in [0.1, 0.15) is 26.2 Å². The lowest BCUT2D eigenvalue weighted by atomic mass is 9.97. The summed E-state index contributed by atoms with van der Waals surface area (Å²) in [5.41, 5.74) is -0.625. The van der Waals surface area contributed by atoms with Gasteiger partial charge in [0.2, 0.25) is 10.0 Å². The van der Waals surface area contributed by atoms with Crippen LogP contribution in [0.25, 0.3) is 0 Å². The van der Waals surface area contributed by atoms with Crippen molar-refractivity contribution in [2.75, 3.05) is 13.2 Å². The number of carboxylic acids is 1. The molecule has 2 heterocycles. The van der Waals surface area contributed by atoms with Gasteiger partial charge in [0.15, 0.2) is 0 Å². The van der Waals surface area contributed by atoms with Crippen LogP contribution in [0, 0.1) is 0 Å².